The number of nitrogens with zero attached hydrogens (tertiary/aromatic N) is 3. The normalized spacial score (nSPS) is 11.3. The highest BCUT2D eigenvalue weighted by atomic mass is 16.5. The van der Waals surface area contributed by atoms with Crippen molar-refractivity contribution in [3.63, 3.8) is 0 Å². The molecule has 30 heavy (non-hydrogen) atoms. The molecule has 0 radical (unpaired) electrons. The second kappa shape index (κ2) is 8.18. The molecule has 3 rings (SSSR count). The molecule has 0 fully saturated rings. The van der Waals surface area contributed by atoms with Gasteiger partial charge in [0.2, 0.25) is 0 Å². The van der Waals surface area contributed by atoms with Crippen molar-refractivity contribution in [3.05, 3.63) is 58.9 Å². The molecule has 1 N–H and O–H groups in total. The lowest BCUT2D eigenvalue weighted by molar-refractivity contribution is 0.102. The maximum atomic E-state index is 13.0. The van der Waals surface area contributed by atoms with Gasteiger partial charge in [-0.3, -0.25) is 4.79 Å². The highest BCUT2D eigenvalue weighted by molar-refractivity contribution is 6.04. The van der Waals surface area contributed by atoms with Gasteiger partial charge in [0.05, 0.1) is 19.9 Å². The molecule has 0 atom stereocenters. The Kier molecular flexibility index (Phi) is 5.82. The van der Waals surface area contributed by atoms with Crippen LogP contribution in [0.3, 0.4) is 0 Å². The number of carbonyl (C=O) groups excluding carboxylic acids is 1. The van der Waals surface area contributed by atoms with Crippen LogP contribution in [0.5, 0.6) is 11.5 Å². The fourth-order valence-corrected chi connectivity index (χ4v) is 3.13. The van der Waals surface area contributed by atoms with Crippen LogP contribution < -0.4 is 14.8 Å². The van der Waals surface area contributed by atoms with E-state index in [2.05, 4.69) is 42.5 Å². The van der Waals surface area contributed by atoms with Crippen LogP contribution in [-0.4, -0.2) is 35.1 Å². The van der Waals surface area contributed by atoms with Crippen LogP contribution in [0.1, 0.15) is 48.1 Å². The monoisotopic (exact) mass is 408 g/mol. The first-order valence-corrected chi connectivity index (χ1v) is 9.73. The molecule has 0 saturated carbocycles. The molecule has 0 unspecified atom stereocenters. The fraction of sp³-hybridized carbons (Fsp3) is 0.348. The first kappa shape index (κ1) is 21.4. The number of aromatic nitrogens is 3. The van der Waals surface area contributed by atoms with Gasteiger partial charge in [-0.15, -0.1) is 5.10 Å². The van der Waals surface area contributed by atoms with Gasteiger partial charge in [-0.1, -0.05) is 38.1 Å². The van der Waals surface area contributed by atoms with Gasteiger partial charge in [0, 0.05) is 11.8 Å². The van der Waals surface area contributed by atoms with E-state index in [9.17, 15) is 4.79 Å². The maximum Gasteiger partial charge on any atom is 0.278 e. The molecule has 1 aromatic heterocycles. The van der Waals surface area contributed by atoms with Gasteiger partial charge in [0.25, 0.3) is 5.91 Å². The van der Waals surface area contributed by atoms with Crippen molar-refractivity contribution in [1.82, 2.24) is 15.0 Å². The molecule has 1 heterocycles. The van der Waals surface area contributed by atoms with E-state index in [4.69, 9.17) is 9.47 Å². The number of hydrogen-bond acceptors (Lipinski definition) is 5. The zero-order valence-electron chi connectivity index (χ0n) is 18.5. The van der Waals surface area contributed by atoms with Crippen molar-refractivity contribution in [1.29, 1.82) is 0 Å². The zero-order valence-corrected chi connectivity index (χ0v) is 18.5. The molecule has 2 aromatic carbocycles. The number of rotatable bonds is 5. The molecule has 0 aliphatic rings. The predicted molar refractivity (Wildman–Crippen MR) is 117 cm³/mol. The number of aryl methyl sites for hydroxylation is 1. The second-order valence-electron chi connectivity index (χ2n) is 8.21. The number of benzene rings is 2. The summed E-state index contributed by atoms with van der Waals surface area (Å²) in [6.07, 6.45) is 0. The second-order valence-corrected chi connectivity index (χ2v) is 8.21. The highest BCUT2D eigenvalue weighted by Gasteiger charge is 2.21. The fourth-order valence-electron chi connectivity index (χ4n) is 3.13. The largest absolute Gasteiger partial charge is 0.497 e. The van der Waals surface area contributed by atoms with Gasteiger partial charge >= 0.3 is 0 Å². The molecule has 1 amide bonds. The molecule has 158 valence electrons. The van der Waals surface area contributed by atoms with E-state index in [1.54, 1.807) is 44.0 Å². The molecule has 0 saturated heterocycles. The van der Waals surface area contributed by atoms with E-state index in [1.807, 2.05) is 19.1 Å². The van der Waals surface area contributed by atoms with Crippen LogP contribution in [0.4, 0.5) is 5.69 Å². The van der Waals surface area contributed by atoms with Crippen molar-refractivity contribution >= 4 is 11.6 Å². The summed E-state index contributed by atoms with van der Waals surface area (Å²) in [7, 11) is 3.17. The Morgan fingerprint density at radius 1 is 1.03 bits per heavy atom. The van der Waals surface area contributed by atoms with Gasteiger partial charge in [0.15, 0.2) is 5.69 Å². The number of methoxy groups -OCH3 is 2. The Hall–Kier alpha value is -3.35. The van der Waals surface area contributed by atoms with E-state index in [-0.39, 0.29) is 17.0 Å². The molecular weight excluding hydrogens is 380 g/mol. The lowest BCUT2D eigenvalue weighted by Crippen LogP contribution is -2.17. The quantitative estimate of drug-likeness (QED) is 0.675. The van der Waals surface area contributed by atoms with Gasteiger partial charge < -0.3 is 14.8 Å². The number of nitrogens with one attached hydrogen (secondary N) is 1. The van der Waals surface area contributed by atoms with Crippen molar-refractivity contribution < 1.29 is 14.3 Å². The van der Waals surface area contributed by atoms with Gasteiger partial charge in [-0.25, -0.2) is 4.68 Å². The topological polar surface area (TPSA) is 78.3 Å². The summed E-state index contributed by atoms with van der Waals surface area (Å²) in [6, 6.07) is 11.5. The molecule has 0 spiro atoms. The summed E-state index contributed by atoms with van der Waals surface area (Å²) in [5.74, 6) is 0.945. The van der Waals surface area contributed by atoms with Crippen molar-refractivity contribution in [2.75, 3.05) is 19.5 Å². The average Bonchev–Trinajstić information content (AvgIpc) is 3.09. The van der Waals surface area contributed by atoms with Gasteiger partial charge in [0.1, 0.15) is 17.2 Å². The number of anilines is 1. The third-order valence-corrected chi connectivity index (χ3v) is 5.08. The summed E-state index contributed by atoms with van der Waals surface area (Å²) >= 11 is 0. The molecule has 3 aromatic rings. The first-order chi connectivity index (χ1) is 14.2. The number of hydrogen-bond donors (Lipinski definition) is 1. The van der Waals surface area contributed by atoms with Crippen molar-refractivity contribution in [3.8, 4) is 17.2 Å². The Bertz CT molecular complexity index is 1080. The zero-order chi connectivity index (χ0) is 22.1. The molecule has 7 nitrogen and oxygen atoms in total. The summed E-state index contributed by atoms with van der Waals surface area (Å²) < 4.78 is 12.3. The minimum Gasteiger partial charge on any atom is -0.497 e. The number of carbonyl (C=O) groups is 1. The number of amides is 1. The van der Waals surface area contributed by atoms with Crippen LogP contribution in [-0.2, 0) is 5.41 Å². The van der Waals surface area contributed by atoms with E-state index >= 15 is 0 Å². The molecule has 7 heteroatoms. The van der Waals surface area contributed by atoms with Crippen LogP contribution >= 0.6 is 0 Å². The standard InChI is InChI=1S/C23H28N4O3/c1-14-8-9-16(23(3,4)5)12-18(14)24-22(28)21-15(2)27(26-25-21)19-13-17(29-6)10-11-20(19)30-7/h8-13H,1-7H3,(H,24,28). The predicted octanol–water partition coefficient (Wildman–Crippen LogP) is 4.45. The lowest BCUT2D eigenvalue weighted by Gasteiger charge is -2.21. The third-order valence-electron chi connectivity index (χ3n) is 5.08. The molecule has 0 bridgehead atoms. The third kappa shape index (κ3) is 4.15. The van der Waals surface area contributed by atoms with Gasteiger partial charge in [-0.2, -0.15) is 0 Å². The Balaban J connectivity index is 1.95. The Morgan fingerprint density at radius 3 is 2.40 bits per heavy atom. The van der Waals surface area contributed by atoms with E-state index in [0.29, 0.717) is 22.9 Å². The van der Waals surface area contributed by atoms with Gasteiger partial charge in [-0.05, 0) is 48.6 Å². The minimum absolute atomic E-state index is 0.0187. The van der Waals surface area contributed by atoms with Crippen molar-refractivity contribution in [2.24, 2.45) is 0 Å². The van der Waals surface area contributed by atoms with E-state index in [0.717, 1.165) is 16.8 Å². The Labute approximate surface area is 177 Å². The highest BCUT2D eigenvalue weighted by Crippen LogP contribution is 2.29. The maximum absolute atomic E-state index is 13.0. The molecule has 0 aliphatic heterocycles. The van der Waals surface area contributed by atoms with Crippen LogP contribution in [0.25, 0.3) is 5.69 Å². The SMILES string of the molecule is COc1ccc(OC)c(-n2nnc(C(=O)Nc3cc(C(C)(C)C)ccc3C)c2C)c1. The number of ether oxygens (including phenoxy) is 2. The smallest absolute Gasteiger partial charge is 0.278 e. The summed E-state index contributed by atoms with van der Waals surface area (Å²) in [4.78, 5) is 13.0. The molecule has 0 aliphatic carbocycles. The minimum atomic E-state index is -0.310. The molecular formula is C23H28N4O3. The van der Waals surface area contributed by atoms with Crippen LogP contribution in [0.15, 0.2) is 36.4 Å². The van der Waals surface area contributed by atoms with E-state index < -0.39 is 0 Å². The average molecular weight is 409 g/mol. The Morgan fingerprint density at radius 2 is 1.77 bits per heavy atom. The van der Waals surface area contributed by atoms with Crippen molar-refractivity contribution in [2.45, 2.75) is 40.0 Å². The first-order valence-electron chi connectivity index (χ1n) is 9.73. The summed E-state index contributed by atoms with van der Waals surface area (Å²) in [5.41, 5.74) is 4.37. The lowest BCUT2D eigenvalue weighted by atomic mass is 9.86. The van der Waals surface area contributed by atoms with E-state index in [1.165, 1.54) is 0 Å². The summed E-state index contributed by atoms with van der Waals surface area (Å²) in [5, 5.41) is 11.3. The van der Waals surface area contributed by atoms with Crippen LogP contribution in [0, 0.1) is 13.8 Å². The van der Waals surface area contributed by atoms with Crippen LogP contribution in [0.2, 0.25) is 0 Å². The summed E-state index contributed by atoms with van der Waals surface area (Å²) in [6.45, 7) is 10.2.